The molecule has 1 heterocycles. The third-order valence-electron chi connectivity index (χ3n) is 5.93. The van der Waals surface area contributed by atoms with Crippen LogP contribution in [0.3, 0.4) is 0 Å². The van der Waals surface area contributed by atoms with Crippen LogP contribution >= 0.6 is 0 Å². The van der Waals surface area contributed by atoms with Crippen LogP contribution in [0.15, 0.2) is 52.9 Å². The number of ether oxygens (including phenoxy) is 1. The van der Waals surface area contributed by atoms with Gasteiger partial charge in [-0.3, -0.25) is 9.69 Å². The topological polar surface area (TPSA) is 88.1 Å². The summed E-state index contributed by atoms with van der Waals surface area (Å²) < 4.78 is 32.0. The molecule has 0 fully saturated rings. The fourth-order valence-corrected chi connectivity index (χ4v) is 4.55. The molecular formula is C25H33N3O4S. The van der Waals surface area contributed by atoms with Gasteiger partial charge in [0.05, 0.1) is 19.1 Å². The summed E-state index contributed by atoms with van der Waals surface area (Å²) in [6.45, 7) is 11.0. The van der Waals surface area contributed by atoms with Gasteiger partial charge in [-0.2, -0.15) is 12.8 Å². The Bertz CT molecular complexity index is 1090. The van der Waals surface area contributed by atoms with E-state index in [1.54, 1.807) is 24.3 Å². The molecule has 8 heteroatoms. The van der Waals surface area contributed by atoms with Gasteiger partial charge in [-0.1, -0.05) is 49.4 Å². The number of nitrogens with one attached hydrogen (secondary N) is 1. The Morgan fingerprint density at radius 2 is 1.94 bits per heavy atom. The molecule has 2 atom stereocenters. The maximum absolute atomic E-state index is 12.8. The van der Waals surface area contributed by atoms with Gasteiger partial charge in [0.1, 0.15) is 11.8 Å². The Hall–Kier alpha value is -2.71. The molecule has 3 rings (SSSR count). The minimum absolute atomic E-state index is 0.0419. The van der Waals surface area contributed by atoms with Crippen LogP contribution in [0.2, 0.25) is 0 Å². The number of fused-ring (bicyclic) bond motifs is 1. The Kier molecular flexibility index (Phi) is 8.26. The first-order valence-corrected chi connectivity index (χ1v) is 12.4. The summed E-state index contributed by atoms with van der Waals surface area (Å²) in [6.07, 6.45) is 0.613. The smallest absolute Gasteiger partial charge is 0.311 e. The first-order chi connectivity index (χ1) is 15.7. The van der Waals surface area contributed by atoms with Crippen molar-refractivity contribution in [3.05, 3.63) is 65.2 Å². The van der Waals surface area contributed by atoms with E-state index < -0.39 is 16.5 Å². The van der Waals surface area contributed by atoms with Crippen molar-refractivity contribution < 1.29 is 17.9 Å². The number of hydrogen-bond acceptors (Lipinski definition) is 6. The summed E-state index contributed by atoms with van der Waals surface area (Å²) in [7, 11) is -2.60. The molecule has 0 aliphatic carbocycles. The fourth-order valence-electron chi connectivity index (χ4n) is 4.15. The molecule has 1 amide bonds. The second-order valence-electron chi connectivity index (χ2n) is 9.27. The number of rotatable bonds is 8. The van der Waals surface area contributed by atoms with Crippen molar-refractivity contribution in [2.75, 3.05) is 13.2 Å². The summed E-state index contributed by atoms with van der Waals surface area (Å²) in [5, 5.41) is 3.05. The summed E-state index contributed by atoms with van der Waals surface area (Å²) >= 11 is 0. The van der Waals surface area contributed by atoms with Crippen molar-refractivity contribution in [2.45, 2.75) is 64.7 Å². The molecule has 2 aromatic carbocycles. The molecule has 2 aromatic rings. The number of amides is 1. The largest absolute Gasteiger partial charge is 0.493 e. The molecular weight excluding hydrogens is 438 g/mol. The average Bonchev–Trinajstić information content (AvgIpc) is 2.76. The fraction of sp³-hybridized carbons (Fsp3) is 0.480. The van der Waals surface area contributed by atoms with Gasteiger partial charge in [0, 0.05) is 24.1 Å². The number of nitrogens with zero attached hydrogens (tertiary/aromatic N) is 2. The van der Waals surface area contributed by atoms with E-state index in [1.165, 1.54) is 5.56 Å². The second-order valence-corrected chi connectivity index (χ2v) is 9.91. The van der Waals surface area contributed by atoms with Gasteiger partial charge in [-0.15, -0.1) is 0 Å². The van der Waals surface area contributed by atoms with Crippen LogP contribution in [-0.2, 0) is 21.8 Å². The standard InChI is InChI=1S/C25H33N3O4S/c1-5-28(25(2,3)4)17-18-11-12-20-21(13-14-32-23(20)15-18)26-24(29)16-22(27-33(30)31)19-9-7-6-8-10-19/h6-12,15,21-22H,5,13-14,16-17H2,1-4H3,(H,26,29). The Balaban J connectivity index is 1.73. The van der Waals surface area contributed by atoms with Crippen LogP contribution < -0.4 is 10.1 Å². The van der Waals surface area contributed by atoms with Gasteiger partial charge >= 0.3 is 10.5 Å². The monoisotopic (exact) mass is 471 g/mol. The third kappa shape index (κ3) is 6.88. The van der Waals surface area contributed by atoms with Crippen molar-refractivity contribution >= 4 is 16.4 Å². The maximum atomic E-state index is 12.8. The van der Waals surface area contributed by atoms with E-state index >= 15 is 0 Å². The van der Waals surface area contributed by atoms with Crippen molar-refractivity contribution in [3.8, 4) is 5.75 Å². The van der Waals surface area contributed by atoms with E-state index in [4.69, 9.17) is 4.74 Å². The number of carbonyl (C=O) groups excluding carboxylic acids is 1. The number of hydrogen-bond donors (Lipinski definition) is 1. The summed E-state index contributed by atoms with van der Waals surface area (Å²) in [4.78, 5) is 15.2. The van der Waals surface area contributed by atoms with Gasteiger partial charge in [0.2, 0.25) is 5.91 Å². The van der Waals surface area contributed by atoms with E-state index in [0.29, 0.717) is 18.6 Å². The number of carbonyl (C=O) groups is 1. The first-order valence-electron chi connectivity index (χ1n) is 11.3. The molecule has 33 heavy (non-hydrogen) atoms. The third-order valence-corrected chi connectivity index (χ3v) is 6.36. The van der Waals surface area contributed by atoms with E-state index in [0.717, 1.165) is 24.4 Å². The predicted octanol–water partition coefficient (Wildman–Crippen LogP) is 4.44. The van der Waals surface area contributed by atoms with Gasteiger partial charge in [0.15, 0.2) is 0 Å². The summed E-state index contributed by atoms with van der Waals surface area (Å²) in [6, 6.07) is 14.2. The molecule has 2 unspecified atom stereocenters. The summed E-state index contributed by atoms with van der Waals surface area (Å²) in [5.41, 5.74) is 2.86. The van der Waals surface area contributed by atoms with E-state index in [9.17, 15) is 13.2 Å². The zero-order valence-corrected chi connectivity index (χ0v) is 20.6. The Labute approximate surface area is 197 Å². The molecule has 0 spiro atoms. The van der Waals surface area contributed by atoms with Gasteiger partial charge in [0.25, 0.3) is 0 Å². The maximum Gasteiger partial charge on any atom is 0.311 e. The first kappa shape index (κ1) is 24.9. The van der Waals surface area contributed by atoms with Crippen LogP contribution in [0.1, 0.15) is 69.3 Å². The Morgan fingerprint density at radius 3 is 2.58 bits per heavy atom. The van der Waals surface area contributed by atoms with Crippen LogP contribution in [0.4, 0.5) is 0 Å². The Morgan fingerprint density at radius 1 is 1.21 bits per heavy atom. The van der Waals surface area contributed by atoms with E-state index in [-0.39, 0.29) is 23.9 Å². The molecule has 178 valence electrons. The predicted molar refractivity (Wildman–Crippen MR) is 128 cm³/mol. The zero-order chi connectivity index (χ0) is 24.0. The summed E-state index contributed by atoms with van der Waals surface area (Å²) in [5.74, 6) is 0.545. The van der Waals surface area contributed by atoms with E-state index in [2.05, 4.69) is 54.4 Å². The molecule has 0 radical (unpaired) electrons. The lowest BCUT2D eigenvalue weighted by Gasteiger charge is -2.35. The minimum atomic E-state index is -2.60. The van der Waals surface area contributed by atoms with Crippen molar-refractivity contribution in [3.63, 3.8) is 0 Å². The van der Waals surface area contributed by atoms with Crippen LogP contribution in [0.25, 0.3) is 0 Å². The zero-order valence-electron chi connectivity index (χ0n) is 19.7. The molecule has 0 saturated carbocycles. The SMILES string of the molecule is CCN(Cc1ccc2c(c1)OCCC2NC(=O)CC(N=S(=O)=O)c1ccccc1)C(C)(C)C. The van der Waals surface area contributed by atoms with Gasteiger partial charge in [-0.05, 0) is 44.5 Å². The molecule has 1 aliphatic rings. The highest BCUT2D eigenvalue weighted by Crippen LogP contribution is 2.34. The van der Waals surface area contributed by atoms with Gasteiger partial charge < -0.3 is 10.1 Å². The highest BCUT2D eigenvalue weighted by molar-refractivity contribution is 7.61. The molecule has 0 aromatic heterocycles. The van der Waals surface area contributed by atoms with Crippen LogP contribution in [0.5, 0.6) is 5.75 Å². The molecule has 1 N–H and O–H groups in total. The second kappa shape index (κ2) is 10.9. The molecule has 0 saturated heterocycles. The normalized spacial score (nSPS) is 16.5. The van der Waals surface area contributed by atoms with Crippen LogP contribution in [0, 0.1) is 0 Å². The quantitative estimate of drug-likeness (QED) is 0.615. The van der Waals surface area contributed by atoms with Crippen molar-refractivity contribution in [1.82, 2.24) is 10.2 Å². The highest BCUT2D eigenvalue weighted by atomic mass is 32.2. The highest BCUT2D eigenvalue weighted by Gasteiger charge is 2.26. The lowest BCUT2D eigenvalue weighted by atomic mass is 9.97. The molecule has 0 bridgehead atoms. The van der Waals surface area contributed by atoms with Crippen molar-refractivity contribution in [2.24, 2.45) is 4.36 Å². The van der Waals surface area contributed by atoms with Crippen LogP contribution in [-0.4, -0.2) is 37.9 Å². The average molecular weight is 472 g/mol. The minimum Gasteiger partial charge on any atom is -0.493 e. The van der Waals surface area contributed by atoms with Gasteiger partial charge in [-0.25, -0.2) is 0 Å². The number of benzene rings is 2. The molecule has 1 aliphatic heterocycles. The lowest BCUT2D eigenvalue weighted by Crippen LogP contribution is -2.40. The lowest BCUT2D eigenvalue weighted by molar-refractivity contribution is -0.122. The van der Waals surface area contributed by atoms with Crippen molar-refractivity contribution in [1.29, 1.82) is 0 Å². The van der Waals surface area contributed by atoms with E-state index in [1.807, 2.05) is 12.1 Å². The molecule has 7 nitrogen and oxygen atoms in total.